The molecule has 1 aromatic rings. The Morgan fingerprint density at radius 1 is 1.32 bits per heavy atom. The van der Waals surface area contributed by atoms with Gasteiger partial charge in [-0.15, -0.1) is 0 Å². The number of Topliss-reactive ketones (excluding diaryl/α,β-unsaturated/α-hetero) is 1. The van der Waals surface area contributed by atoms with Crippen LogP contribution in [0, 0.1) is 0 Å². The highest BCUT2D eigenvalue weighted by atomic mass is 16.5. The Bertz CT molecular complexity index is 468. The van der Waals surface area contributed by atoms with Gasteiger partial charge in [-0.1, -0.05) is 24.3 Å². The third-order valence-corrected chi connectivity index (χ3v) is 4.95. The van der Waals surface area contributed by atoms with E-state index < -0.39 is 0 Å². The van der Waals surface area contributed by atoms with Crippen LogP contribution in [-0.4, -0.2) is 18.5 Å². The fourth-order valence-corrected chi connectivity index (χ4v) is 3.55. The predicted molar refractivity (Wildman–Crippen MR) is 75.3 cm³/mol. The van der Waals surface area contributed by atoms with Crippen LogP contribution < -0.4 is 0 Å². The van der Waals surface area contributed by atoms with Gasteiger partial charge in [0.05, 0.1) is 5.60 Å². The van der Waals surface area contributed by atoms with Gasteiger partial charge in [0.2, 0.25) is 0 Å². The van der Waals surface area contributed by atoms with Crippen molar-refractivity contribution in [3.05, 3.63) is 35.4 Å². The number of carbonyl (C=O) groups is 1. The van der Waals surface area contributed by atoms with Crippen molar-refractivity contribution < 1.29 is 9.53 Å². The van der Waals surface area contributed by atoms with E-state index in [2.05, 4.69) is 24.3 Å². The zero-order valence-electron chi connectivity index (χ0n) is 11.7. The molecule has 1 unspecified atom stereocenters. The first-order valence-electron chi connectivity index (χ1n) is 7.40. The number of fused-ring (bicyclic) bond motifs is 1. The third-order valence-electron chi connectivity index (χ3n) is 4.95. The van der Waals surface area contributed by atoms with Gasteiger partial charge in [-0.2, -0.15) is 0 Å². The largest absolute Gasteiger partial charge is 0.378 e. The van der Waals surface area contributed by atoms with Crippen molar-refractivity contribution in [1.82, 2.24) is 0 Å². The van der Waals surface area contributed by atoms with E-state index in [0.717, 1.165) is 32.1 Å². The monoisotopic (exact) mass is 258 g/mol. The Balaban J connectivity index is 1.78. The molecule has 0 aliphatic heterocycles. The van der Waals surface area contributed by atoms with Gasteiger partial charge in [-0.05, 0) is 49.7 Å². The van der Waals surface area contributed by atoms with E-state index in [1.807, 2.05) is 0 Å². The molecule has 0 radical (unpaired) electrons. The summed E-state index contributed by atoms with van der Waals surface area (Å²) in [6.45, 7) is 0. The van der Waals surface area contributed by atoms with Crippen molar-refractivity contribution in [3.8, 4) is 0 Å². The van der Waals surface area contributed by atoms with Crippen LogP contribution in [0.1, 0.15) is 55.6 Å². The highest BCUT2D eigenvalue weighted by Gasteiger charge is 2.41. The molecule has 1 fully saturated rings. The number of ether oxygens (including phenoxy) is 1. The summed E-state index contributed by atoms with van der Waals surface area (Å²) in [5.74, 6) is 0.492. The highest BCUT2D eigenvalue weighted by molar-refractivity contribution is 5.87. The Hall–Kier alpha value is -1.15. The third kappa shape index (κ3) is 2.34. The second kappa shape index (κ2) is 5.09. The number of carbonyl (C=O) groups excluding carboxylic acids is 1. The summed E-state index contributed by atoms with van der Waals surface area (Å²) < 4.78 is 5.60. The van der Waals surface area contributed by atoms with Crippen LogP contribution in [0.5, 0.6) is 0 Å². The second-order valence-electron chi connectivity index (χ2n) is 6.03. The summed E-state index contributed by atoms with van der Waals surface area (Å²) in [5.41, 5.74) is 2.50. The molecular weight excluding hydrogens is 236 g/mol. The first-order valence-corrected chi connectivity index (χ1v) is 7.40. The molecule has 2 nitrogen and oxygen atoms in total. The Morgan fingerprint density at radius 3 is 2.79 bits per heavy atom. The van der Waals surface area contributed by atoms with Crippen LogP contribution >= 0.6 is 0 Å². The number of benzene rings is 1. The van der Waals surface area contributed by atoms with E-state index in [0.29, 0.717) is 12.2 Å². The lowest BCUT2D eigenvalue weighted by atomic mass is 9.72. The molecular formula is C17H22O2. The van der Waals surface area contributed by atoms with Gasteiger partial charge in [0, 0.05) is 19.4 Å². The topological polar surface area (TPSA) is 26.3 Å². The molecule has 3 rings (SSSR count). The minimum atomic E-state index is -0.135. The molecule has 0 saturated heterocycles. The number of ketones is 1. The highest BCUT2D eigenvalue weighted by Crippen LogP contribution is 2.41. The average Bonchev–Trinajstić information content (AvgIpc) is 2.42. The van der Waals surface area contributed by atoms with Crippen molar-refractivity contribution in [2.24, 2.45) is 0 Å². The van der Waals surface area contributed by atoms with Crippen molar-refractivity contribution in [3.63, 3.8) is 0 Å². The molecule has 0 bridgehead atoms. The summed E-state index contributed by atoms with van der Waals surface area (Å²) >= 11 is 0. The zero-order valence-corrected chi connectivity index (χ0v) is 11.7. The molecule has 0 N–H and O–H groups in total. The van der Waals surface area contributed by atoms with Gasteiger partial charge in [-0.25, -0.2) is 0 Å². The maximum atomic E-state index is 12.6. The predicted octanol–water partition coefficient (Wildman–Crippen LogP) is 3.63. The summed E-state index contributed by atoms with van der Waals surface area (Å²) in [7, 11) is 1.75. The minimum absolute atomic E-state index is 0.109. The van der Waals surface area contributed by atoms with E-state index in [1.54, 1.807) is 7.11 Å². The van der Waals surface area contributed by atoms with E-state index >= 15 is 0 Å². The van der Waals surface area contributed by atoms with Crippen LogP contribution in [0.2, 0.25) is 0 Å². The SMILES string of the molecule is COC1(CC(=O)C2CCCc3ccccc32)CCC1. The molecule has 2 heteroatoms. The molecule has 1 saturated carbocycles. The standard InChI is InChI=1S/C17H22O2/c1-19-17(10-5-11-17)12-16(18)15-9-4-7-13-6-2-3-8-14(13)15/h2-3,6,8,15H,4-5,7,9-12H2,1H3. The van der Waals surface area contributed by atoms with Crippen molar-refractivity contribution in [2.75, 3.05) is 7.11 Å². The molecule has 102 valence electrons. The van der Waals surface area contributed by atoms with E-state index in [1.165, 1.54) is 17.5 Å². The summed E-state index contributed by atoms with van der Waals surface area (Å²) in [6.07, 6.45) is 7.15. The van der Waals surface area contributed by atoms with E-state index in [4.69, 9.17) is 4.74 Å². The molecule has 0 aromatic heterocycles. The Kier molecular flexibility index (Phi) is 3.44. The van der Waals surface area contributed by atoms with Crippen molar-refractivity contribution in [2.45, 2.75) is 56.5 Å². The number of aryl methyl sites for hydroxylation is 1. The molecule has 1 aromatic carbocycles. The number of hydrogen-bond acceptors (Lipinski definition) is 2. The number of hydrogen-bond donors (Lipinski definition) is 0. The molecule has 1 atom stereocenters. The summed E-state index contributed by atoms with van der Waals surface area (Å²) in [4.78, 5) is 12.6. The summed E-state index contributed by atoms with van der Waals surface area (Å²) in [5, 5.41) is 0. The van der Waals surface area contributed by atoms with Crippen LogP contribution in [0.25, 0.3) is 0 Å². The van der Waals surface area contributed by atoms with E-state index in [-0.39, 0.29) is 11.5 Å². The first kappa shape index (κ1) is 12.9. The fourth-order valence-electron chi connectivity index (χ4n) is 3.55. The van der Waals surface area contributed by atoms with Gasteiger partial charge in [0.1, 0.15) is 5.78 Å². The van der Waals surface area contributed by atoms with Gasteiger partial charge in [0.15, 0.2) is 0 Å². The molecule has 0 amide bonds. The smallest absolute Gasteiger partial charge is 0.143 e. The fraction of sp³-hybridized carbons (Fsp3) is 0.588. The quantitative estimate of drug-likeness (QED) is 0.824. The molecule has 2 aliphatic rings. The van der Waals surface area contributed by atoms with Gasteiger partial charge < -0.3 is 4.74 Å². The Labute approximate surface area is 115 Å². The molecule has 0 spiro atoms. The van der Waals surface area contributed by atoms with Gasteiger partial charge in [0.25, 0.3) is 0 Å². The van der Waals surface area contributed by atoms with Crippen molar-refractivity contribution in [1.29, 1.82) is 0 Å². The zero-order chi connectivity index (χ0) is 13.3. The maximum Gasteiger partial charge on any atom is 0.143 e. The number of methoxy groups -OCH3 is 1. The summed E-state index contributed by atoms with van der Waals surface area (Å²) in [6, 6.07) is 8.44. The van der Waals surface area contributed by atoms with Gasteiger partial charge in [-0.3, -0.25) is 4.79 Å². The second-order valence-corrected chi connectivity index (χ2v) is 6.03. The average molecular weight is 258 g/mol. The molecule has 0 heterocycles. The van der Waals surface area contributed by atoms with Crippen LogP contribution in [0.15, 0.2) is 24.3 Å². The minimum Gasteiger partial charge on any atom is -0.378 e. The lowest BCUT2D eigenvalue weighted by Gasteiger charge is -2.41. The number of rotatable bonds is 4. The normalized spacial score (nSPS) is 24.4. The van der Waals surface area contributed by atoms with Crippen LogP contribution in [0.4, 0.5) is 0 Å². The lowest BCUT2D eigenvalue weighted by Crippen LogP contribution is -2.42. The van der Waals surface area contributed by atoms with Crippen LogP contribution in [-0.2, 0) is 16.0 Å². The maximum absolute atomic E-state index is 12.6. The first-order chi connectivity index (χ1) is 9.24. The molecule has 19 heavy (non-hydrogen) atoms. The van der Waals surface area contributed by atoms with Gasteiger partial charge >= 0.3 is 0 Å². The van der Waals surface area contributed by atoms with E-state index in [9.17, 15) is 4.79 Å². The Morgan fingerprint density at radius 2 is 2.11 bits per heavy atom. The van der Waals surface area contributed by atoms with Crippen molar-refractivity contribution >= 4 is 5.78 Å². The lowest BCUT2D eigenvalue weighted by molar-refractivity contribution is -0.133. The van der Waals surface area contributed by atoms with Crippen LogP contribution in [0.3, 0.4) is 0 Å². The molecule has 2 aliphatic carbocycles.